The number of rotatable bonds is 7. The zero-order valence-corrected chi connectivity index (χ0v) is 17.0. The highest BCUT2D eigenvalue weighted by Crippen LogP contribution is 2.31. The van der Waals surface area contributed by atoms with Gasteiger partial charge in [-0.15, -0.1) is 0 Å². The Kier molecular flexibility index (Phi) is 7.13. The van der Waals surface area contributed by atoms with Gasteiger partial charge < -0.3 is 9.64 Å². The number of benzene rings is 2. The molecule has 1 saturated heterocycles. The summed E-state index contributed by atoms with van der Waals surface area (Å²) in [6.07, 6.45) is 0.765. The number of hydrogen-bond acceptors (Lipinski definition) is 7. The van der Waals surface area contributed by atoms with E-state index in [9.17, 15) is 19.7 Å². The molecule has 0 spiro atoms. The summed E-state index contributed by atoms with van der Waals surface area (Å²) in [5, 5.41) is 11.7. The summed E-state index contributed by atoms with van der Waals surface area (Å²) in [5.41, 5.74) is 1.18. The summed E-state index contributed by atoms with van der Waals surface area (Å²) < 4.78 is 5.00. The molecule has 8 heteroatoms. The van der Waals surface area contributed by atoms with Crippen molar-refractivity contribution in [3.05, 3.63) is 69.8 Å². The molecule has 0 aliphatic carbocycles. The first kappa shape index (κ1) is 21.4. The van der Waals surface area contributed by atoms with Crippen LogP contribution in [-0.4, -0.2) is 60.9 Å². The van der Waals surface area contributed by atoms with Gasteiger partial charge in [0.1, 0.15) is 5.69 Å². The van der Waals surface area contributed by atoms with Crippen molar-refractivity contribution in [2.75, 3.05) is 44.2 Å². The number of ether oxygens (including phenoxy) is 1. The van der Waals surface area contributed by atoms with Crippen LogP contribution in [0.15, 0.2) is 48.5 Å². The van der Waals surface area contributed by atoms with Crippen LogP contribution >= 0.6 is 0 Å². The predicted octanol–water partition coefficient (Wildman–Crippen LogP) is 2.90. The number of carbonyl (C=O) groups excluding carboxylic acids is 2. The summed E-state index contributed by atoms with van der Waals surface area (Å²) in [5.74, 6) is -0.512. The first-order valence-corrected chi connectivity index (χ1v) is 10.0. The van der Waals surface area contributed by atoms with Gasteiger partial charge in [0.25, 0.3) is 5.69 Å². The van der Waals surface area contributed by atoms with Crippen molar-refractivity contribution >= 4 is 23.1 Å². The molecule has 2 aromatic rings. The second kappa shape index (κ2) is 9.98. The van der Waals surface area contributed by atoms with E-state index in [4.69, 9.17) is 4.74 Å². The van der Waals surface area contributed by atoms with Crippen molar-refractivity contribution < 1.29 is 19.2 Å². The van der Waals surface area contributed by atoms with Crippen LogP contribution in [0, 0.1) is 10.1 Å². The number of ketones is 1. The SMILES string of the molecule is CCOC(=O)CN1CCCN(c2ccc(C(=O)c3ccccc3)cc2[N+](=O)[O-])CC1. The molecule has 0 bridgehead atoms. The van der Waals surface area contributed by atoms with Gasteiger partial charge >= 0.3 is 5.97 Å². The van der Waals surface area contributed by atoms with E-state index in [-0.39, 0.29) is 29.5 Å². The minimum absolute atomic E-state index is 0.0874. The molecule has 1 fully saturated rings. The number of nitro groups is 1. The van der Waals surface area contributed by atoms with Gasteiger partial charge in [0.15, 0.2) is 5.78 Å². The lowest BCUT2D eigenvalue weighted by molar-refractivity contribution is -0.384. The predicted molar refractivity (Wildman–Crippen MR) is 113 cm³/mol. The summed E-state index contributed by atoms with van der Waals surface area (Å²) in [4.78, 5) is 39.6. The standard InChI is InChI=1S/C22H25N3O5/c1-2-30-21(26)16-23-11-6-12-24(14-13-23)19-10-9-18(15-20(19)25(28)29)22(27)17-7-4-3-5-8-17/h3-5,7-10,15H,2,6,11-14,16H2,1H3. The zero-order chi connectivity index (χ0) is 21.5. The van der Waals surface area contributed by atoms with Crippen LogP contribution in [0.1, 0.15) is 29.3 Å². The fraction of sp³-hybridized carbons (Fsp3) is 0.364. The molecule has 8 nitrogen and oxygen atoms in total. The number of anilines is 1. The van der Waals surface area contributed by atoms with Gasteiger partial charge in [0.2, 0.25) is 0 Å². The molecule has 0 unspecified atom stereocenters. The van der Waals surface area contributed by atoms with E-state index in [0.29, 0.717) is 44.0 Å². The number of hydrogen-bond donors (Lipinski definition) is 0. The van der Waals surface area contributed by atoms with E-state index in [1.54, 1.807) is 43.3 Å². The number of carbonyl (C=O) groups is 2. The molecule has 0 aromatic heterocycles. The van der Waals surface area contributed by atoms with Crippen LogP contribution in [0.25, 0.3) is 0 Å². The lowest BCUT2D eigenvalue weighted by Gasteiger charge is -2.23. The molecule has 0 saturated carbocycles. The summed E-state index contributed by atoms with van der Waals surface area (Å²) in [6.45, 7) is 4.83. The summed E-state index contributed by atoms with van der Waals surface area (Å²) >= 11 is 0. The fourth-order valence-corrected chi connectivity index (χ4v) is 3.59. The van der Waals surface area contributed by atoms with E-state index in [0.717, 1.165) is 6.42 Å². The first-order chi connectivity index (χ1) is 14.5. The topological polar surface area (TPSA) is 93.0 Å². The maximum absolute atomic E-state index is 12.7. The smallest absolute Gasteiger partial charge is 0.320 e. The van der Waals surface area contributed by atoms with Crippen molar-refractivity contribution in [2.45, 2.75) is 13.3 Å². The maximum Gasteiger partial charge on any atom is 0.320 e. The number of nitrogens with zero attached hydrogens (tertiary/aromatic N) is 3. The Balaban J connectivity index is 1.78. The molecule has 0 radical (unpaired) electrons. The lowest BCUT2D eigenvalue weighted by atomic mass is 10.0. The van der Waals surface area contributed by atoms with E-state index >= 15 is 0 Å². The second-order valence-corrected chi connectivity index (χ2v) is 7.08. The number of nitro benzene ring substituents is 1. The quantitative estimate of drug-likeness (QED) is 0.299. The Labute approximate surface area is 175 Å². The minimum Gasteiger partial charge on any atom is -0.465 e. The highest BCUT2D eigenvalue weighted by atomic mass is 16.6. The Hall–Kier alpha value is -3.26. The molecule has 0 amide bonds. The third kappa shape index (κ3) is 5.21. The molecule has 0 atom stereocenters. The van der Waals surface area contributed by atoms with Crippen molar-refractivity contribution in [3.63, 3.8) is 0 Å². The van der Waals surface area contributed by atoms with Crippen molar-refractivity contribution in [1.82, 2.24) is 4.90 Å². The van der Waals surface area contributed by atoms with Crippen molar-refractivity contribution in [3.8, 4) is 0 Å². The van der Waals surface area contributed by atoms with Crippen LogP contribution in [0.3, 0.4) is 0 Å². The maximum atomic E-state index is 12.7. The Morgan fingerprint density at radius 2 is 1.80 bits per heavy atom. The minimum atomic E-state index is -0.446. The Morgan fingerprint density at radius 1 is 1.03 bits per heavy atom. The molecular weight excluding hydrogens is 386 g/mol. The van der Waals surface area contributed by atoms with E-state index < -0.39 is 4.92 Å². The molecular formula is C22H25N3O5. The monoisotopic (exact) mass is 411 g/mol. The highest BCUT2D eigenvalue weighted by Gasteiger charge is 2.25. The van der Waals surface area contributed by atoms with Gasteiger partial charge in [0.05, 0.1) is 18.1 Å². The van der Waals surface area contributed by atoms with Crippen LogP contribution in [-0.2, 0) is 9.53 Å². The van der Waals surface area contributed by atoms with Gasteiger partial charge in [0, 0.05) is 43.4 Å². The van der Waals surface area contributed by atoms with Crippen LogP contribution in [0.5, 0.6) is 0 Å². The Bertz CT molecular complexity index is 916. The molecule has 1 heterocycles. The van der Waals surface area contributed by atoms with Gasteiger partial charge in [-0.3, -0.25) is 24.6 Å². The van der Waals surface area contributed by atoms with Gasteiger partial charge in [-0.1, -0.05) is 30.3 Å². The normalized spacial score (nSPS) is 14.8. The Morgan fingerprint density at radius 3 is 2.50 bits per heavy atom. The third-order valence-electron chi connectivity index (χ3n) is 5.06. The average molecular weight is 411 g/mol. The van der Waals surface area contributed by atoms with Crippen molar-refractivity contribution in [1.29, 1.82) is 0 Å². The van der Waals surface area contributed by atoms with E-state index in [2.05, 4.69) is 0 Å². The molecule has 158 valence electrons. The molecule has 1 aliphatic rings. The summed E-state index contributed by atoms with van der Waals surface area (Å²) in [6, 6.07) is 13.3. The van der Waals surface area contributed by atoms with Crippen LogP contribution < -0.4 is 4.90 Å². The van der Waals surface area contributed by atoms with E-state index in [1.807, 2.05) is 15.9 Å². The van der Waals surface area contributed by atoms with Crippen molar-refractivity contribution in [2.24, 2.45) is 0 Å². The summed E-state index contributed by atoms with van der Waals surface area (Å²) in [7, 11) is 0. The third-order valence-corrected chi connectivity index (χ3v) is 5.06. The molecule has 30 heavy (non-hydrogen) atoms. The molecule has 1 aliphatic heterocycles. The highest BCUT2D eigenvalue weighted by molar-refractivity contribution is 6.09. The molecule has 3 rings (SSSR count). The largest absolute Gasteiger partial charge is 0.465 e. The molecule has 2 aromatic carbocycles. The lowest BCUT2D eigenvalue weighted by Crippen LogP contribution is -2.35. The molecule has 0 N–H and O–H groups in total. The van der Waals surface area contributed by atoms with E-state index in [1.165, 1.54) is 6.07 Å². The second-order valence-electron chi connectivity index (χ2n) is 7.08. The van der Waals surface area contributed by atoms with Crippen LogP contribution in [0.4, 0.5) is 11.4 Å². The zero-order valence-electron chi connectivity index (χ0n) is 17.0. The first-order valence-electron chi connectivity index (χ1n) is 10.0. The van der Waals surface area contributed by atoms with Crippen LogP contribution in [0.2, 0.25) is 0 Å². The fourth-order valence-electron chi connectivity index (χ4n) is 3.59. The average Bonchev–Trinajstić information content (AvgIpc) is 2.99. The van der Waals surface area contributed by atoms with Gasteiger partial charge in [-0.05, 0) is 25.5 Å². The number of esters is 1. The van der Waals surface area contributed by atoms with Gasteiger partial charge in [-0.25, -0.2) is 0 Å². The van der Waals surface area contributed by atoms with Gasteiger partial charge in [-0.2, -0.15) is 0 Å².